The number of amides is 1. The van der Waals surface area contributed by atoms with Crippen LogP contribution in [-0.4, -0.2) is 41.0 Å². The standard InChI is InChI=1S/C36H32N2O7S/c1-5-19-43-27-15-11-24(12-16-27)30-29(31(39)25-13-17-28(18-14-25)45-21-26-10-8-7-9-22(26)3)32(40)34(41)38(30)36-37-23(4)33(46-36)35(42)44-20-6-2/h5-18,30,39H,1-2,19-21H2,3-4H3. The summed E-state index contributed by atoms with van der Waals surface area (Å²) < 4.78 is 16.7. The zero-order valence-corrected chi connectivity index (χ0v) is 26.2. The van der Waals surface area contributed by atoms with E-state index in [9.17, 15) is 19.5 Å². The lowest BCUT2D eigenvalue weighted by Crippen LogP contribution is -2.29. The number of aliphatic hydroxyl groups excluding tert-OH is 1. The fourth-order valence-corrected chi connectivity index (χ4v) is 5.91. The molecule has 1 unspecified atom stereocenters. The van der Waals surface area contributed by atoms with Gasteiger partial charge in [-0.2, -0.15) is 0 Å². The second-order valence-electron chi connectivity index (χ2n) is 10.4. The van der Waals surface area contributed by atoms with Gasteiger partial charge in [-0.25, -0.2) is 9.78 Å². The van der Waals surface area contributed by atoms with E-state index >= 15 is 0 Å². The molecule has 9 nitrogen and oxygen atoms in total. The first-order valence-corrected chi connectivity index (χ1v) is 15.2. The Morgan fingerprint density at radius 3 is 2.26 bits per heavy atom. The highest BCUT2D eigenvalue weighted by atomic mass is 32.1. The van der Waals surface area contributed by atoms with Crippen molar-refractivity contribution in [2.75, 3.05) is 18.1 Å². The number of aryl methyl sites for hydroxylation is 2. The molecule has 1 aliphatic rings. The molecule has 1 aromatic heterocycles. The molecule has 5 rings (SSSR count). The molecule has 4 aromatic rings. The Morgan fingerprint density at radius 2 is 1.59 bits per heavy atom. The number of carbonyl (C=O) groups is 3. The highest BCUT2D eigenvalue weighted by Crippen LogP contribution is 2.44. The molecule has 1 saturated heterocycles. The molecule has 10 heteroatoms. The van der Waals surface area contributed by atoms with Crippen LogP contribution in [0.25, 0.3) is 5.76 Å². The van der Waals surface area contributed by atoms with Crippen molar-refractivity contribution in [2.45, 2.75) is 26.5 Å². The topological polar surface area (TPSA) is 115 Å². The molecular formula is C36H32N2O7S. The minimum atomic E-state index is -1.05. The van der Waals surface area contributed by atoms with Crippen LogP contribution in [0.2, 0.25) is 0 Å². The lowest BCUT2D eigenvalue weighted by atomic mass is 9.95. The van der Waals surface area contributed by atoms with Crippen LogP contribution in [0.1, 0.15) is 43.7 Å². The van der Waals surface area contributed by atoms with E-state index in [4.69, 9.17) is 14.2 Å². The van der Waals surface area contributed by atoms with E-state index in [1.807, 2.05) is 31.2 Å². The van der Waals surface area contributed by atoms with E-state index in [2.05, 4.69) is 18.1 Å². The van der Waals surface area contributed by atoms with E-state index in [1.165, 1.54) is 11.0 Å². The number of Topliss-reactive ketones (excluding diaryl/α,β-unsaturated/α-hetero) is 1. The molecule has 1 aliphatic heterocycles. The summed E-state index contributed by atoms with van der Waals surface area (Å²) in [6.45, 7) is 11.5. The van der Waals surface area contributed by atoms with E-state index in [1.54, 1.807) is 61.5 Å². The number of hydrogen-bond acceptors (Lipinski definition) is 9. The molecule has 0 saturated carbocycles. The Morgan fingerprint density at radius 1 is 0.935 bits per heavy atom. The summed E-state index contributed by atoms with van der Waals surface area (Å²) >= 11 is 0.926. The van der Waals surface area contributed by atoms with Gasteiger partial charge >= 0.3 is 11.9 Å². The Kier molecular flexibility index (Phi) is 9.78. The lowest BCUT2D eigenvalue weighted by Gasteiger charge is -2.23. The van der Waals surface area contributed by atoms with Gasteiger partial charge in [-0.1, -0.05) is 73.0 Å². The smallest absolute Gasteiger partial charge is 0.350 e. The zero-order chi connectivity index (χ0) is 32.8. The highest BCUT2D eigenvalue weighted by molar-refractivity contribution is 7.17. The van der Waals surface area contributed by atoms with Crippen LogP contribution in [0.3, 0.4) is 0 Å². The van der Waals surface area contributed by atoms with Crippen molar-refractivity contribution in [3.8, 4) is 11.5 Å². The number of hydrogen-bond donors (Lipinski definition) is 1. The van der Waals surface area contributed by atoms with Gasteiger partial charge in [0, 0.05) is 5.56 Å². The summed E-state index contributed by atoms with van der Waals surface area (Å²) in [7, 11) is 0. The molecule has 0 spiro atoms. The molecule has 234 valence electrons. The first kappa shape index (κ1) is 31.9. The van der Waals surface area contributed by atoms with Gasteiger partial charge in [-0.05, 0) is 66.9 Å². The molecule has 2 heterocycles. The largest absolute Gasteiger partial charge is 0.507 e. The molecule has 3 aromatic carbocycles. The third-order valence-corrected chi connectivity index (χ3v) is 8.44. The van der Waals surface area contributed by atoms with Crippen molar-refractivity contribution in [2.24, 2.45) is 0 Å². The quantitative estimate of drug-likeness (QED) is 0.0589. The summed E-state index contributed by atoms with van der Waals surface area (Å²) in [6.07, 6.45) is 3.06. The average Bonchev–Trinajstić information content (AvgIpc) is 3.58. The first-order chi connectivity index (χ1) is 22.2. The van der Waals surface area contributed by atoms with Crippen LogP contribution >= 0.6 is 11.3 Å². The van der Waals surface area contributed by atoms with E-state index in [0.29, 0.717) is 41.5 Å². The number of carbonyl (C=O) groups excluding carboxylic acids is 3. The third-order valence-electron chi connectivity index (χ3n) is 7.30. The van der Waals surface area contributed by atoms with E-state index < -0.39 is 23.7 Å². The summed E-state index contributed by atoms with van der Waals surface area (Å²) in [6, 6.07) is 20.3. The van der Waals surface area contributed by atoms with Gasteiger partial charge in [0.2, 0.25) is 0 Å². The number of nitrogens with zero attached hydrogens (tertiary/aromatic N) is 2. The average molecular weight is 637 g/mol. The van der Waals surface area contributed by atoms with Gasteiger partial charge in [0.25, 0.3) is 5.78 Å². The molecule has 0 radical (unpaired) electrons. The minimum Gasteiger partial charge on any atom is -0.507 e. The Balaban J connectivity index is 1.52. The number of ether oxygens (including phenoxy) is 3. The fourth-order valence-electron chi connectivity index (χ4n) is 4.92. The molecule has 0 bridgehead atoms. The monoisotopic (exact) mass is 636 g/mol. The predicted molar refractivity (Wildman–Crippen MR) is 176 cm³/mol. The Bertz CT molecular complexity index is 1820. The van der Waals surface area contributed by atoms with Gasteiger partial charge in [0.1, 0.15) is 42.0 Å². The lowest BCUT2D eigenvalue weighted by molar-refractivity contribution is -0.132. The van der Waals surface area contributed by atoms with Gasteiger partial charge in [0.15, 0.2) is 5.13 Å². The van der Waals surface area contributed by atoms with Gasteiger partial charge in [-0.15, -0.1) is 0 Å². The number of thiazole rings is 1. The SMILES string of the molecule is C=CCOC(=O)c1sc(N2C(=O)C(=O)C(=C(O)c3ccc(OCc4ccccc4C)cc3)C2c2ccc(OCC=C)cc2)nc1C. The van der Waals surface area contributed by atoms with E-state index in [0.717, 1.165) is 22.5 Å². The van der Waals surface area contributed by atoms with Crippen LogP contribution in [0.4, 0.5) is 5.13 Å². The molecule has 1 N–H and O–H groups in total. The van der Waals surface area contributed by atoms with Crippen LogP contribution in [-0.2, 0) is 20.9 Å². The summed E-state index contributed by atoms with van der Waals surface area (Å²) in [4.78, 5) is 45.7. The maximum Gasteiger partial charge on any atom is 0.350 e. The first-order valence-electron chi connectivity index (χ1n) is 14.4. The normalized spacial score (nSPS) is 15.4. The Labute approximate surface area is 270 Å². The summed E-state index contributed by atoms with van der Waals surface area (Å²) in [5.74, 6) is -1.64. The Hall–Kier alpha value is -5.48. The molecule has 1 amide bonds. The van der Waals surface area contributed by atoms with Gasteiger partial charge in [-0.3, -0.25) is 14.5 Å². The van der Waals surface area contributed by atoms with Crippen molar-refractivity contribution < 1.29 is 33.7 Å². The van der Waals surface area contributed by atoms with E-state index in [-0.39, 0.29) is 27.9 Å². The molecular weight excluding hydrogens is 604 g/mol. The number of aromatic nitrogens is 1. The van der Waals surface area contributed by atoms with Crippen LogP contribution < -0.4 is 14.4 Å². The maximum absolute atomic E-state index is 13.6. The minimum absolute atomic E-state index is 0.00597. The van der Waals surface area contributed by atoms with Crippen molar-refractivity contribution in [3.63, 3.8) is 0 Å². The number of benzene rings is 3. The number of ketones is 1. The number of anilines is 1. The van der Waals surface area contributed by atoms with Crippen LogP contribution in [0.5, 0.6) is 11.5 Å². The summed E-state index contributed by atoms with van der Waals surface area (Å²) in [5, 5.41) is 11.7. The van der Waals surface area contributed by atoms with Crippen molar-refractivity contribution in [1.29, 1.82) is 0 Å². The van der Waals surface area contributed by atoms with Gasteiger partial charge < -0.3 is 19.3 Å². The molecule has 46 heavy (non-hydrogen) atoms. The van der Waals surface area contributed by atoms with Crippen LogP contribution in [0.15, 0.2) is 104 Å². The van der Waals surface area contributed by atoms with Gasteiger partial charge in [0.05, 0.1) is 17.3 Å². The third kappa shape index (κ3) is 6.62. The fraction of sp³-hybridized carbons (Fsp3) is 0.167. The highest BCUT2D eigenvalue weighted by Gasteiger charge is 2.48. The number of rotatable bonds is 12. The number of esters is 1. The zero-order valence-electron chi connectivity index (χ0n) is 25.4. The van der Waals surface area contributed by atoms with Crippen molar-refractivity contribution in [1.82, 2.24) is 4.98 Å². The summed E-state index contributed by atoms with van der Waals surface area (Å²) in [5.41, 5.74) is 3.21. The van der Waals surface area contributed by atoms with Crippen LogP contribution in [0, 0.1) is 13.8 Å². The van der Waals surface area contributed by atoms with Crippen molar-refractivity contribution in [3.05, 3.63) is 137 Å². The second kappa shape index (κ2) is 14.1. The number of aliphatic hydroxyl groups is 1. The second-order valence-corrected chi connectivity index (χ2v) is 11.4. The molecule has 1 fully saturated rings. The molecule has 1 atom stereocenters. The van der Waals surface area contributed by atoms with Crippen molar-refractivity contribution >= 4 is 39.9 Å². The maximum atomic E-state index is 13.6. The molecule has 0 aliphatic carbocycles. The predicted octanol–water partition coefficient (Wildman–Crippen LogP) is 6.87.